The Hall–Kier alpha value is -2.98. The summed E-state index contributed by atoms with van der Waals surface area (Å²) >= 11 is 0. The van der Waals surface area contributed by atoms with Gasteiger partial charge in [0.1, 0.15) is 6.26 Å². The molecule has 4 atom stereocenters. The number of carbonyl (C=O) groups excluding carboxylic acids is 2. The van der Waals surface area contributed by atoms with Crippen molar-refractivity contribution in [2.45, 2.75) is 106 Å². The van der Waals surface area contributed by atoms with Crippen LogP contribution < -0.4 is 10.0 Å². The maximum atomic E-state index is 12.7. The monoisotopic (exact) mass is 597 g/mol. The maximum Gasteiger partial charge on any atom is 0.273 e. The lowest BCUT2D eigenvalue weighted by atomic mass is 9.77. The number of allylic oxidation sites excluding steroid dienone is 2. The van der Waals surface area contributed by atoms with E-state index in [9.17, 15) is 18.0 Å². The summed E-state index contributed by atoms with van der Waals surface area (Å²) in [4.78, 5) is 29.5. The predicted octanol–water partition coefficient (Wildman–Crippen LogP) is 5.65. The number of ether oxygens (including phenoxy) is 1. The van der Waals surface area contributed by atoms with E-state index in [0.29, 0.717) is 24.6 Å². The summed E-state index contributed by atoms with van der Waals surface area (Å²) in [5.74, 6) is 0.817. The molecule has 2 N–H and O–H groups in total. The van der Waals surface area contributed by atoms with Gasteiger partial charge in [0.2, 0.25) is 11.8 Å². The van der Waals surface area contributed by atoms with E-state index in [1.807, 2.05) is 12.2 Å². The first-order chi connectivity index (χ1) is 20.4. The summed E-state index contributed by atoms with van der Waals surface area (Å²) in [6, 6.07) is 7.85. The van der Waals surface area contributed by atoms with Crippen LogP contribution >= 0.6 is 0 Å². The van der Waals surface area contributed by atoms with Crippen molar-refractivity contribution in [2.75, 3.05) is 6.54 Å². The normalized spacial score (nSPS) is 24.3. The van der Waals surface area contributed by atoms with Crippen LogP contribution in [-0.2, 0) is 19.6 Å². The first-order valence-electron chi connectivity index (χ1n) is 15.6. The smallest absolute Gasteiger partial charge is 0.273 e. The van der Waals surface area contributed by atoms with E-state index in [0.717, 1.165) is 38.0 Å². The molecule has 0 unspecified atom stereocenters. The molecule has 228 valence electrons. The zero-order chi connectivity index (χ0) is 29.4. The minimum Gasteiger partial charge on any atom is -0.448 e. The first-order valence-corrected chi connectivity index (χ1v) is 17.0. The lowest BCUT2D eigenvalue weighted by Gasteiger charge is -2.24. The molecule has 2 aliphatic heterocycles. The van der Waals surface area contributed by atoms with Crippen LogP contribution in [0.15, 0.2) is 58.1 Å². The topological polar surface area (TPSA) is 128 Å². The second-order valence-corrected chi connectivity index (χ2v) is 13.6. The Bertz CT molecular complexity index is 1320. The van der Waals surface area contributed by atoms with Gasteiger partial charge in [0, 0.05) is 18.9 Å². The number of hydrogen-bond acceptors (Lipinski definition) is 7. The Morgan fingerprint density at radius 1 is 0.976 bits per heavy atom. The van der Waals surface area contributed by atoms with Crippen LogP contribution in [0.5, 0.6) is 0 Å². The molecular weight excluding hydrogens is 554 g/mol. The van der Waals surface area contributed by atoms with Crippen molar-refractivity contribution in [1.29, 1.82) is 0 Å². The van der Waals surface area contributed by atoms with E-state index in [-0.39, 0.29) is 41.3 Å². The molecule has 3 fully saturated rings. The van der Waals surface area contributed by atoms with Gasteiger partial charge in [-0.3, -0.25) is 9.59 Å². The highest BCUT2D eigenvalue weighted by Crippen LogP contribution is 2.50. The molecule has 1 aromatic heterocycles. The molecule has 0 radical (unpaired) electrons. The van der Waals surface area contributed by atoms with E-state index in [1.54, 1.807) is 18.2 Å². The number of carbonyl (C=O) groups is 2. The highest BCUT2D eigenvalue weighted by atomic mass is 32.2. The summed E-state index contributed by atoms with van der Waals surface area (Å²) in [5, 5.41) is 2.99. The largest absolute Gasteiger partial charge is 0.448 e. The fourth-order valence-electron chi connectivity index (χ4n) is 6.73. The van der Waals surface area contributed by atoms with Gasteiger partial charge in [-0.05, 0) is 50.2 Å². The van der Waals surface area contributed by atoms with Crippen molar-refractivity contribution in [2.24, 2.45) is 11.8 Å². The number of nitrogens with zero attached hydrogens (tertiary/aromatic N) is 1. The van der Waals surface area contributed by atoms with Crippen molar-refractivity contribution in [1.82, 2.24) is 15.0 Å². The van der Waals surface area contributed by atoms with Gasteiger partial charge in [0.15, 0.2) is 5.69 Å². The zero-order valence-electron chi connectivity index (χ0n) is 24.2. The number of benzene rings is 1. The average molecular weight is 598 g/mol. The van der Waals surface area contributed by atoms with Gasteiger partial charge in [-0.1, -0.05) is 75.3 Å². The summed E-state index contributed by atoms with van der Waals surface area (Å²) in [6.07, 6.45) is 18.8. The van der Waals surface area contributed by atoms with E-state index in [2.05, 4.69) is 15.0 Å². The van der Waals surface area contributed by atoms with Crippen molar-refractivity contribution in [3.63, 3.8) is 0 Å². The highest BCUT2D eigenvalue weighted by Gasteiger charge is 2.51. The van der Waals surface area contributed by atoms with Gasteiger partial charge < -0.3 is 14.5 Å². The van der Waals surface area contributed by atoms with Gasteiger partial charge in [-0.25, -0.2) is 18.1 Å². The number of amides is 2. The van der Waals surface area contributed by atoms with Crippen LogP contribution in [0.4, 0.5) is 0 Å². The van der Waals surface area contributed by atoms with Crippen LogP contribution in [0.2, 0.25) is 0 Å². The molecule has 10 heteroatoms. The van der Waals surface area contributed by atoms with Gasteiger partial charge >= 0.3 is 0 Å². The van der Waals surface area contributed by atoms with Gasteiger partial charge in [-0.2, -0.15) is 0 Å². The van der Waals surface area contributed by atoms with Gasteiger partial charge in [0.25, 0.3) is 15.9 Å². The molecular formula is C32H43N3O6S. The molecule has 2 amide bonds. The quantitative estimate of drug-likeness (QED) is 0.213. The van der Waals surface area contributed by atoms with Crippen molar-refractivity contribution < 1.29 is 27.2 Å². The number of fused-ring (bicyclic) bond motifs is 2. The SMILES string of the molecule is O=C(CCC=CC[C@H]1[C@@H](c2nc(C(=O)NCCCCC3CCCCC3)co2)[C@@H]2CC[C@H]1O2)NS(=O)(=O)c1ccccc1. The highest BCUT2D eigenvalue weighted by molar-refractivity contribution is 7.90. The number of unbranched alkanes of at least 4 members (excludes halogenated alkanes) is 1. The Morgan fingerprint density at radius 3 is 2.57 bits per heavy atom. The zero-order valence-corrected chi connectivity index (χ0v) is 25.0. The van der Waals surface area contributed by atoms with Crippen LogP contribution in [0, 0.1) is 11.8 Å². The van der Waals surface area contributed by atoms with E-state index >= 15 is 0 Å². The Morgan fingerprint density at radius 2 is 1.76 bits per heavy atom. The van der Waals surface area contributed by atoms with Gasteiger partial charge in [0.05, 0.1) is 23.0 Å². The van der Waals surface area contributed by atoms with Crippen molar-refractivity contribution >= 4 is 21.8 Å². The molecule has 2 saturated heterocycles. The minimum absolute atomic E-state index is 0.0234. The van der Waals surface area contributed by atoms with E-state index in [4.69, 9.17) is 9.15 Å². The molecule has 1 aromatic carbocycles. The molecule has 2 bridgehead atoms. The molecule has 0 spiro atoms. The fourth-order valence-corrected chi connectivity index (χ4v) is 7.77. The Balaban J connectivity index is 1.06. The van der Waals surface area contributed by atoms with E-state index in [1.165, 1.54) is 56.9 Å². The first kappa shape index (κ1) is 30.5. The number of aromatic nitrogens is 1. The third-order valence-corrected chi connectivity index (χ3v) is 10.3. The second kappa shape index (κ2) is 14.5. The second-order valence-electron chi connectivity index (χ2n) is 11.9. The summed E-state index contributed by atoms with van der Waals surface area (Å²) in [6.45, 7) is 0.647. The molecule has 9 nitrogen and oxygen atoms in total. The fraction of sp³-hybridized carbons (Fsp3) is 0.594. The maximum absolute atomic E-state index is 12.7. The van der Waals surface area contributed by atoms with Gasteiger partial charge in [-0.15, -0.1) is 0 Å². The van der Waals surface area contributed by atoms with Crippen LogP contribution in [-0.4, -0.2) is 44.0 Å². The van der Waals surface area contributed by atoms with Crippen LogP contribution in [0.3, 0.4) is 0 Å². The molecule has 1 saturated carbocycles. The molecule has 2 aromatic rings. The van der Waals surface area contributed by atoms with Crippen molar-refractivity contribution in [3.8, 4) is 0 Å². The predicted molar refractivity (Wildman–Crippen MR) is 158 cm³/mol. The third kappa shape index (κ3) is 7.89. The number of nitrogens with one attached hydrogen (secondary N) is 2. The number of rotatable bonds is 14. The van der Waals surface area contributed by atoms with Crippen molar-refractivity contribution in [3.05, 3.63) is 60.3 Å². The number of sulfonamides is 1. The minimum atomic E-state index is -3.86. The molecule has 42 heavy (non-hydrogen) atoms. The number of oxazole rings is 1. The molecule has 3 aliphatic rings. The molecule has 1 aliphatic carbocycles. The Labute approximate surface area is 248 Å². The van der Waals surface area contributed by atoms with E-state index < -0.39 is 15.9 Å². The molecule has 5 rings (SSSR count). The van der Waals surface area contributed by atoms with Crippen LogP contribution in [0.1, 0.15) is 106 Å². The average Bonchev–Trinajstić information content (AvgIpc) is 3.75. The lowest BCUT2D eigenvalue weighted by molar-refractivity contribution is -0.119. The summed E-state index contributed by atoms with van der Waals surface area (Å²) in [5.41, 5.74) is 0.311. The third-order valence-electron chi connectivity index (χ3n) is 8.93. The summed E-state index contributed by atoms with van der Waals surface area (Å²) < 4.78 is 38.8. The molecule has 3 heterocycles. The lowest BCUT2D eigenvalue weighted by Crippen LogP contribution is -2.30. The standard InChI is InChI=1S/C32H43N3O6S/c36-29(35-42(38,39)24-15-6-2-7-16-24)18-9-3-8-17-25-27-19-20-28(41-27)30(25)32-34-26(22-40-32)31(37)33-21-11-10-14-23-12-4-1-5-13-23/h2-3,6-8,15-16,22-23,25,27-28,30H,1,4-5,9-14,17-21H2,(H,33,37)(H,35,36)/t25-,27-,28+,30-/m1/s1. The Kier molecular flexibility index (Phi) is 10.5. The van der Waals surface area contributed by atoms with Crippen LogP contribution in [0.25, 0.3) is 0 Å². The number of hydrogen-bond donors (Lipinski definition) is 2. The summed E-state index contributed by atoms with van der Waals surface area (Å²) in [7, 11) is -3.86.